The Balaban J connectivity index is 2.12. The maximum absolute atomic E-state index is 13.8. The number of hydrogen-bond acceptors (Lipinski definition) is 2. The molecule has 1 heterocycles. The first-order valence-corrected chi connectivity index (χ1v) is 6.73. The van der Waals surface area contributed by atoms with E-state index in [2.05, 4.69) is 15.3 Å². The molecule has 1 unspecified atom stereocenters. The highest BCUT2D eigenvalue weighted by Crippen LogP contribution is 2.21. The highest BCUT2D eigenvalue weighted by molar-refractivity contribution is 6.31. The molecule has 0 aliphatic rings. The molecule has 19 heavy (non-hydrogen) atoms. The van der Waals surface area contributed by atoms with Crippen molar-refractivity contribution in [3.05, 3.63) is 52.8 Å². The molecule has 1 atom stereocenters. The van der Waals surface area contributed by atoms with Gasteiger partial charge in [-0.05, 0) is 25.1 Å². The number of rotatable bonds is 6. The summed E-state index contributed by atoms with van der Waals surface area (Å²) < 4.78 is 13.8. The lowest BCUT2D eigenvalue weighted by molar-refractivity contribution is 0.498. The number of aromatic amines is 1. The SMILES string of the molecule is CCNC(Cc1ncc[nH]1)Cc1c(F)cccc1Cl. The lowest BCUT2D eigenvalue weighted by Gasteiger charge is -2.18. The van der Waals surface area contributed by atoms with Crippen LogP contribution < -0.4 is 5.32 Å². The van der Waals surface area contributed by atoms with Crippen molar-refractivity contribution in [3.8, 4) is 0 Å². The maximum atomic E-state index is 13.8. The monoisotopic (exact) mass is 281 g/mol. The van der Waals surface area contributed by atoms with Crippen LogP contribution in [0.15, 0.2) is 30.6 Å². The fraction of sp³-hybridized carbons (Fsp3) is 0.357. The molecule has 102 valence electrons. The van der Waals surface area contributed by atoms with Crippen LogP contribution in [0.25, 0.3) is 0 Å². The number of likely N-dealkylation sites (N-methyl/N-ethyl adjacent to an activating group) is 1. The van der Waals surface area contributed by atoms with E-state index in [1.165, 1.54) is 6.07 Å². The first-order valence-electron chi connectivity index (χ1n) is 6.35. The van der Waals surface area contributed by atoms with Crippen LogP contribution in [-0.4, -0.2) is 22.6 Å². The largest absolute Gasteiger partial charge is 0.349 e. The zero-order chi connectivity index (χ0) is 13.7. The highest BCUT2D eigenvalue weighted by Gasteiger charge is 2.15. The zero-order valence-corrected chi connectivity index (χ0v) is 11.5. The van der Waals surface area contributed by atoms with Gasteiger partial charge in [0.25, 0.3) is 0 Å². The molecule has 0 radical (unpaired) electrons. The topological polar surface area (TPSA) is 40.7 Å². The van der Waals surface area contributed by atoms with E-state index in [4.69, 9.17) is 11.6 Å². The summed E-state index contributed by atoms with van der Waals surface area (Å²) in [4.78, 5) is 7.27. The highest BCUT2D eigenvalue weighted by atomic mass is 35.5. The molecule has 5 heteroatoms. The number of halogens is 2. The molecule has 0 aliphatic carbocycles. The van der Waals surface area contributed by atoms with Crippen molar-refractivity contribution in [1.29, 1.82) is 0 Å². The van der Waals surface area contributed by atoms with Gasteiger partial charge >= 0.3 is 0 Å². The van der Waals surface area contributed by atoms with Crippen LogP contribution >= 0.6 is 11.6 Å². The maximum Gasteiger partial charge on any atom is 0.127 e. The van der Waals surface area contributed by atoms with Crippen LogP contribution in [0.1, 0.15) is 18.3 Å². The molecule has 1 aromatic carbocycles. The van der Waals surface area contributed by atoms with Gasteiger partial charge in [0.05, 0.1) is 0 Å². The summed E-state index contributed by atoms with van der Waals surface area (Å²) in [7, 11) is 0. The Bertz CT molecular complexity index is 493. The van der Waals surface area contributed by atoms with Gasteiger partial charge in [-0.3, -0.25) is 0 Å². The number of imidazole rings is 1. The Morgan fingerprint density at radius 2 is 2.26 bits per heavy atom. The quantitative estimate of drug-likeness (QED) is 0.855. The van der Waals surface area contributed by atoms with Crippen LogP contribution in [0.4, 0.5) is 4.39 Å². The minimum atomic E-state index is -0.255. The molecule has 0 aliphatic heterocycles. The number of H-pyrrole nitrogens is 1. The standard InChI is InChI=1S/C14H17ClFN3/c1-2-17-10(9-14-18-6-7-19-14)8-11-12(15)4-3-5-13(11)16/h3-7,10,17H,2,8-9H2,1H3,(H,18,19). The summed E-state index contributed by atoms with van der Waals surface area (Å²) >= 11 is 6.06. The number of aromatic nitrogens is 2. The van der Waals surface area contributed by atoms with Crippen molar-refractivity contribution in [2.75, 3.05) is 6.54 Å². The number of benzene rings is 1. The fourth-order valence-electron chi connectivity index (χ4n) is 2.12. The second-order valence-corrected chi connectivity index (χ2v) is 4.81. The summed E-state index contributed by atoms with van der Waals surface area (Å²) in [5, 5.41) is 3.81. The molecule has 3 nitrogen and oxygen atoms in total. The van der Waals surface area contributed by atoms with Gasteiger partial charge in [-0.15, -0.1) is 0 Å². The average Bonchev–Trinajstić information content (AvgIpc) is 2.87. The van der Waals surface area contributed by atoms with E-state index in [1.807, 2.05) is 6.92 Å². The van der Waals surface area contributed by atoms with Crippen molar-refractivity contribution < 1.29 is 4.39 Å². The first-order chi connectivity index (χ1) is 9.20. The molecule has 2 rings (SSSR count). The van der Waals surface area contributed by atoms with Crippen molar-refractivity contribution in [3.63, 3.8) is 0 Å². The van der Waals surface area contributed by atoms with E-state index < -0.39 is 0 Å². The predicted molar refractivity (Wildman–Crippen MR) is 74.9 cm³/mol. The van der Waals surface area contributed by atoms with E-state index in [0.717, 1.165) is 12.4 Å². The van der Waals surface area contributed by atoms with Gasteiger partial charge < -0.3 is 10.3 Å². The van der Waals surface area contributed by atoms with Gasteiger partial charge in [-0.2, -0.15) is 0 Å². The lowest BCUT2D eigenvalue weighted by Crippen LogP contribution is -2.33. The Labute approximate surface area is 117 Å². The molecule has 0 fully saturated rings. The first kappa shape index (κ1) is 14.0. The van der Waals surface area contributed by atoms with Crippen molar-refractivity contribution in [2.45, 2.75) is 25.8 Å². The fourth-order valence-corrected chi connectivity index (χ4v) is 2.36. The number of nitrogens with one attached hydrogen (secondary N) is 2. The minimum absolute atomic E-state index is 0.102. The number of nitrogens with zero attached hydrogens (tertiary/aromatic N) is 1. The average molecular weight is 282 g/mol. The van der Waals surface area contributed by atoms with Gasteiger partial charge in [0.2, 0.25) is 0 Å². The van der Waals surface area contributed by atoms with E-state index in [-0.39, 0.29) is 11.9 Å². The van der Waals surface area contributed by atoms with Crippen LogP contribution in [0.2, 0.25) is 5.02 Å². The molecule has 0 spiro atoms. The van der Waals surface area contributed by atoms with Gasteiger partial charge in [0.15, 0.2) is 0 Å². The summed E-state index contributed by atoms with van der Waals surface area (Å²) in [5.74, 6) is 0.633. The third-order valence-electron chi connectivity index (χ3n) is 3.00. The Kier molecular flexibility index (Phi) is 4.93. The molecule has 0 saturated heterocycles. The van der Waals surface area contributed by atoms with Gasteiger partial charge in [-0.1, -0.05) is 24.6 Å². The van der Waals surface area contributed by atoms with Crippen LogP contribution in [0, 0.1) is 5.82 Å². The van der Waals surface area contributed by atoms with E-state index in [0.29, 0.717) is 23.4 Å². The van der Waals surface area contributed by atoms with E-state index >= 15 is 0 Å². The van der Waals surface area contributed by atoms with Crippen molar-refractivity contribution in [2.24, 2.45) is 0 Å². The third-order valence-corrected chi connectivity index (χ3v) is 3.35. The van der Waals surface area contributed by atoms with Crippen molar-refractivity contribution >= 4 is 11.6 Å². The molecular weight excluding hydrogens is 265 g/mol. The Hall–Kier alpha value is -1.39. The summed E-state index contributed by atoms with van der Waals surface area (Å²) in [6.07, 6.45) is 4.76. The van der Waals surface area contributed by atoms with Crippen LogP contribution in [-0.2, 0) is 12.8 Å². The van der Waals surface area contributed by atoms with Gasteiger partial charge in [-0.25, -0.2) is 9.37 Å². The molecule has 0 bridgehead atoms. The summed E-state index contributed by atoms with van der Waals surface area (Å²) in [5.41, 5.74) is 0.557. The summed E-state index contributed by atoms with van der Waals surface area (Å²) in [6.45, 7) is 2.84. The van der Waals surface area contributed by atoms with Crippen LogP contribution in [0.3, 0.4) is 0 Å². The molecule has 0 amide bonds. The lowest BCUT2D eigenvalue weighted by atomic mass is 10.0. The molecule has 2 aromatic rings. The van der Waals surface area contributed by atoms with Gasteiger partial charge in [0, 0.05) is 35.4 Å². The molecule has 0 saturated carbocycles. The van der Waals surface area contributed by atoms with E-state index in [9.17, 15) is 4.39 Å². The van der Waals surface area contributed by atoms with E-state index in [1.54, 1.807) is 24.5 Å². The predicted octanol–water partition coefficient (Wildman–Crippen LogP) is 2.97. The smallest absolute Gasteiger partial charge is 0.127 e. The second kappa shape index (κ2) is 6.68. The minimum Gasteiger partial charge on any atom is -0.349 e. The summed E-state index contributed by atoms with van der Waals surface area (Å²) in [6, 6.07) is 4.88. The Morgan fingerprint density at radius 1 is 1.42 bits per heavy atom. The molecule has 1 aromatic heterocycles. The van der Waals surface area contributed by atoms with Crippen molar-refractivity contribution in [1.82, 2.24) is 15.3 Å². The Morgan fingerprint density at radius 3 is 2.89 bits per heavy atom. The molecular formula is C14H17ClFN3. The number of hydrogen-bond donors (Lipinski definition) is 2. The van der Waals surface area contributed by atoms with Gasteiger partial charge in [0.1, 0.15) is 11.6 Å². The zero-order valence-electron chi connectivity index (χ0n) is 10.8. The third kappa shape index (κ3) is 3.78. The second-order valence-electron chi connectivity index (χ2n) is 4.40. The van der Waals surface area contributed by atoms with Crippen LogP contribution in [0.5, 0.6) is 0 Å². The molecule has 2 N–H and O–H groups in total. The normalized spacial score (nSPS) is 12.6.